The van der Waals surface area contributed by atoms with E-state index in [4.69, 9.17) is 5.73 Å². The van der Waals surface area contributed by atoms with Crippen molar-refractivity contribution in [1.29, 1.82) is 0 Å². The van der Waals surface area contributed by atoms with Crippen LogP contribution in [0.3, 0.4) is 0 Å². The summed E-state index contributed by atoms with van der Waals surface area (Å²) in [5.74, 6) is -0.0993. The minimum absolute atomic E-state index is 0.0765. The van der Waals surface area contributed by atoms with E-state index < -0.39 is 0 Å². The van der Waals surface area contributed by atoms with E-state index in [0.717, 1.165) is 5.56 Å². The second-order valence-electron chi connectivity index (χ2n) is 4.80. The molecule has 1 heterocycles. The number of nitrogens with two attached hydrogens (primary N) is 1. The van der Waals surface area contributed by atoms with Crippen LogP contribution < -0.4 is 11.1 Å². The van der Waals surface area contributed by atoms with E-state index in [1.165, 1.54) is 0 Å². The van der Waals surface area contributed by atoms with Crippen LogP contribution >= 0.6 is 0 Å². The van der Waals surface area contributed by atoms with Crippen molar-refractivity contribution in [3.05, 3.63) is 29.6 Å². The second kappa shape index (κ2) is 5.07. The molecule has 0 bridgehead atoms. The summed E-state index contributed by atoms with van der Waals surface area (Å²) in [6.45, 7) is 7.05. The van der Waals surface area contributed by atoms with E-state index >= 15 is 0 Å². The minimum atomic E-state index is -0.0993. The van der Waals surface area contributed by atoms with Gasteiger partial charge in [-0.25, -0.2) is 0 Å². The number of nitrogens with zero attached hydrogens (tertiary/aromatic N) is 1. The molecular formula is C12H19N3O. The van der Waals surface area contributed by atoms with Crippen LogP contribution in [0.1, 0.15) is 29.8 Å². The molecule has 16 heavy (non-hydrogen) atoms. The Hall–Kier alpha value is -1.42. The number of rotatable bonds is 4. The quantitative estimate of drug-likeness (QED) is 0.800. The van der Waals surface area contributed by atoms with Crippen LogP contribution in [0, 0.1) is 12.3 Å². The zero-order valence-corrected chi connectivity index (χ0v) is 10.1. The van der Waals surface area contributed by atoms with Crippen molar-refractivity contribution in [3.63, 3.8) is 0 Å². The lowest BCUT2D eigenvalue weighted by atomic mass is 9.94. The number of nitrogens with one attached hydrogen (secondary N) is 1. The summed E-state index contributed by atoms with van der Waals surface area (Å²) in [6.07, 6.45) is 3.29. The molecule has 0 aliphatic heterocycles. The number of amides is 1. The zero-order chi connectivity index (χ0) is 12.2. The lowest BCUT2D eigenvalue weighted by Crippen LogP contribution is -2.38. The highest BCUT2D eigenvalue weighted by atomic mass is 16.1. The molecule has 0 radical (unpaired) electrons. The third-order valence-electron chi connectivity index (χ3n) is 2.42. The maximum atomic E-state index is 11.8. The van der Waals surface area contributed by atoms with Gasteiger partial charge in [0.25, 0.3) is 5.91 Å². The van der Waals surface area contributed by atoms with Gasteiger partial charge in [-0.1, -0.05) is 13.8 Å². The first kappa shape index (κ1) is 12.6. The second-order valence-corrected chi connectivity index (χ2v) is 4.80. The van der Waals surface area contributed by atoms with Crippen molar-refractivity contribution < 1.29 is 4.79 Å². The molecule has 0 saturated carbocycles. The van der Waals surface area contributed by atoms with Crippen molar-refractivity contribution in [1.82, 2.24) is 10.3 Å². The van der Waals surface area contributed by atoms with Gasteiger partial charge in [-0.05, 0) is 30.5 Å². The average Bonchev–Trinajstić information content (AvgIpc) is 2.26. The van der Waals surface area contributed by atoms with E-state index in [9.17, 15) is 4.79 Å². The highest BCUT2D eigenvalue weighted by Crippen LogP contribution is 2.10. The Balaban J connectivity index is 2.60. The number of pyridine rings is 1. The van der Waals surface area contributed by atoms with Gasteiger partial charge >= 0.3 is 0 Å². The maximum absolute atomic E-state index is 11.8. The fourth-order valence-corrected chi connectivity index (χ4v) is 1.17. The Bertz CT molecular complexity index is 374. The summed E-state index contributed by atoms with van der Waals surface area (Å²) in [4.78, 5) is 15.8. The van der Waals surface area contributed by atoms with Crippen LogP contribution in [-0.4, -0.2) is 24.0 Å². The van der Waals surface area contributed by atoms with Gasteiger partial charge in [0.2, 0.25) is 0 Å². The molecule has 0 unspecified atom stereocenters. The topological polar surface area (TPSA) is 68.0 Å². The molecule has 0 fully saturated rings. The lowest BCUT2D eigenvalue weighted by molar-refractivity contribution is 0.0937. The largest absolute Gasteiger partial charge is 0.351 e. The Kier molecular flexibility index (Phi) is 4.01. The molecule has 4 heteroatoms. The summed E-state index contributed by atoms with van der Waals surface area (Å²) in [5, 5.41) is 2.86. The van der Waals surface area contributed by atoms with Gasteiger partial charge in [-0.2, -0.15) is 0 Å². The van der Waals surface area contributed by atoms with Crippen molar-refractivity contribution in [3.8, 4) is 0 Å². The first-order valence-electron chi connectivity index (χ1n) is 5.34. The van der Waals surface area contributed by atoms with Gasteiger partial charge in [-0.15, -0.1) is 0 Å². The molecule has 1 rings (SSSR count). The monoisotopic (exact) mass is 221 g/mol. The molecule has 4 nitrogen and oxygen atoms in total. The van der Waals surface area contributed by atoms with Crippen LogP contribution in [0.25, 0.3) is 0 Å². The summed E-state index contributed by atoms with van der Waals surface area (Å²) in [6, 6.07) is 1.82. The minimum Gasteiger partial charge on any atom is -0.351 e. The molecule has 3 N–H and O–H groups in total. The van der Waals surface area contributed by atoms with E-state index in [2.05, 4.69) is 10.3 Å². The summed E-state index contributed by atoms with van der Waals surface area (Å²) >= 11 is 0. The molecule has 0 saturated heterocycles. The Morgan fingerprint density at radius 1 is 1.50 bits per heavy atom. The SMILES string of the molecule is Cc1cncc(C(=O)NCC(C)(C)CN)c1. The first-order chi connectivity index (χ1) is 7.44. The van der Waals surface area contributed by atoms with Crippen LogP contribution in [0.4, 0.5) is 0 Å². The highest BCUT2D eigenvalue weighted by molar-refractivity contribution is 5.94. The highest BCUT2D eigenvalue weighted by Gasteiger charge is 2.17. The Labute approximate surface area is 96.3 Å². The van der Waals surface area contributed by atoms with Crippen molar-refractivity contribution in [2.24, 2.45) is 11.1 Å². The van der Waals surface area contributed by atoms with E-state index in [1.54, 1.807) is 12.4 Å². The van der Waals surface area contributed by atoms with Crippen molar-refractivity contribution >= 4 is 5.91 Å². The molecule has 1 aromatic rings. The fourth-order valence-electron chi connectivity index (χ4n) is 1.17. The molecule has 0 aromatic carbocycles. The van der Waals surface area contributed by atoms with Gasteiger partial charge in [0.15, 0.2) is 0 Å². The third-order valence-corrected chi connectivity index (χ3v) is 2.42. The molecule has 0 aliphatic rings. The van der Waals surface area contributed by atoms with Crippen LogP contribution in [0.15, 0.2) is 18.5 Å². The van der Waals surface area contributed by atoms with Crippen LogP contribution in [0.5, 0.6) is 0 Å². The zero-order valence-electron chi connectivity index (χ0n) is 10.1. The normalized spacial score (nSPS) is 11.2. The van der Waals surface area contributed by atoms with E-state index in [-0.39, 0.29) is 11.3 Å². The van der Waals surface area contributed by atoms with E-state index in [0.29, 0.717) is 18.7 Å². The van der Waals surface area contributed by atoms with Crippen LogP contribution in [0.2, 0.25) is 0 Å². The van der Waals surface area contributed by atoms with Gasteiger partial charge < -0.3 is 11.1 Å². The van der Waals surface area contributed by atoms with Gasteiger partial charge in [-0.3, -0.25) is 9.78 Å². The number of carbonyl (C=O) groups is 1. The molecular weight excluding hydrogens is 202 g/mol. The molecule has 1 aromatic heterocycles. The van der Waals surface area contributed by atoms with Crippen molar-refractivity contribution in [2.45, 2.75) is 20.8 Å². The molecule has 88 valence electrons. The number of hydrogen-bond acceptors (Lipinski definition) is 3. The fraction of sp³-hybridized carbons (Fsp3) is 0.500. The molecule has 0 atom stereocenters. The predicted molar refractivity (Wildman–Crippen MR) is 64.1 cm³/mol. The number of hydrogen-bond donors (Lipinski definition) is 2. The molecule has 0 spiro atoms. The van der Waals surface area contributed by atoms with Gasteiger partial charge in [0, 0.05) is 18.9 Å². The first-order valence-corrected chi connectivity index (χ1v) is 5.34. The molecule has 1 amide bonds. The van der Waals surface area contributed by atoms with E-state index in [1.807, 2.05) is 26.8 Å². The summed E-state index contributed by atoms with van der Waals surface area (Å²) < 4.78 is 0. The van der Waals surface area contributed by atoms with Crippen LogP contribution in [-0.2, 0) is 0 Å². The maximum Gasteiger partial charge on any atom is 0.252 e. The smallest absolute Gasteiger partial charge is 0.252 e. The summed E-state index contributed by atoms with van der Waals surface area (Å²) in [7, 11) is 0. The Morgan fingerprint density at radius 2 is 2.19 bits per heavy atom. The summed E-state index contributed by atoms with van der Waals surface area (Å²) in [5.41, 5.74) is 7.08. The number of carbonyl (C=O) groups excluding carboxylic acids is 1. The third kappa shape index (κ3) is 3.62. The number of aromatic nitrogens is 1. The lowest BCUT2D eigenvalue weighted by Gasteiger charge is -2.22. The van der Waals surface area contributed by atoms with Gasteiger partial charge in [0.1, 0.15) is 0 Å². The Morgan fingerprint density at radius 3 is 2.75 bits per heavy atom. The standard InChI is InChI=1S/C12H19N3O/c1-9-4-10(6-14-5-9)11(16)15-8-12(2,3)7-13/h4-6H,7-8,13H2,1-3H3,(H,15,16). The van der Waals surface area contributed by atoms with Gasteiger partial charge in [0.05, 0.1) is 5.56 Å². The number of aryl methyl sites for hydroxylation is 1. The van der Waals surface area contributed by atoms with Crippen molar-refractivity contribution in [2.75, 3.05) is 13.1 Å². The molecule has 0 aliphatic carbocycles. The predicted octanol–water partition coefficient (Wildman–Crippen LogP) is 1.10. The average molecular weight is 221 g/mol.